The summed E-state index contributed by atoms with van der Waals surface area (Å²) in [5.74, 6) is 0.767. The summed E-state index contributed by atoms with van der Waals surface area (Å²) in [5.41, 5.74) is 1.12. The van der Waals surface area contributed by atoms with Crippen molar-refractivity contribution in [1.82, 2.24) is 5.32 Å². The van der Waals surface area contributed by atoms with Crippen LogP contribution in [0.3, 0.4) is 0 Å². The first-order valence-electron chi connectivity index (χ1n) is 6.76. The molecule has 0 amide bonds. The smallest absolute Gasteiger partial charge is 0.146 e. The van der Waals surface area contributed by atoms with Crippen LogP contribution >= 0.6 is 27.5 Å². The fourth-order valence-electron chi connectivity index (χ4n) is 1.96. The maximum Gasteiger partial charge on any atom is 0.146 e. The average Bonchev–Trinajstić information content (AvgIpc) is 3.26. The molecule has 0 saturated heterocycles. The molecule has 0 atom stereocenters. The van der Waals surface area contributed by atoms with Crippen molar-refractivity contribution in [1.29, 1.82) is 0 Å². The minimum atomic E-state index is -0.318. The van der Waals surface area contributed by atoms with Crippen molar-refractivity contribution in [3.63, 3.8) is 0 Å². The maximum absolute atomic E-state index is 13.1. The molecular formula is C16H14BrClFNO. The van der Waals surface area contributed by atoms with Gasteiger partial charge in [-0.3, -0.25) is 0 Å². The number of hydrogen-bond acceptors (Lipinski definition) is 2. The van der Waals surface area contributed by atoms with Gasteiger partial charge in [0.15, 0.2) is 0 Å². The molecule has 110 valence electrons. The van der Waals surface area contributed by atoms with E-state index in [1.54, 1.807) is 6.07 Å². The molecule has 1 aliphatic rings. The molecule has 0 unspecified atom stereocenters. The second-order valence-electron chi connectivity index (χ2n) is 5.10. The molecule has 2 aromatic rings. The topological polar surface area (TPSA) is 21.3 Å². The van der Waals surface area contributed by atoms with E-state index in [0.29, 0.717) is 27.0 Å². The van der Waals surface area contributed by atoms with Gasteiger partial charge in [0.25, 0.3) is 0 Å². The molecule has 0 bridgehead atoms. The van der Waals surface area contributed by atoms with Crippen molar-refractivity contribution in [3.8, 4) is 11.5 Å². The van der Waals surface area contributed by atoms with Gasteiger partial charge in [-0.25, -0.2) is 4.39 Å². The first-order valence-corrected chi connectivity index (χ1v) is 7.93. The first-order chi connectivity index (χ1) is 10.1. The second kappa shape index (κ2) is 6.34. The van der Waals surface area contributed by atoms with Crippen molar-refractivity contribution in [2.24, 2.45) is 0 Å². The van der Waals surface area contributed by atoms with E-state index in [0.717, 1.165) is 12.1 Å². The van der Waals surface area contributed by atoms with Gasteiger partial charge in [0.1, 0.15) is 17.3 Å². The Morgan fingerprint density at radius 2 is 1.95 bits per heavy atom. The van der Waals surface area contributed by atoms with Crippen LogP contribution in [0.4, 0.5) is 4.39 Å². The Kier molecular flexibility index (Phi) is 4.48. The molecule has 3 rings (SSSR count). The zero-order valence-electron chi connectivity index (χ0n) is 11.2. The number of ether oxygens (including phenoxy) is 1. The molecule has 1 aliphatic carbocycles. The Morgan fingerprint density at radius 1 is 1.19 bits per heavy atom. The largest absolute Gasteiger partial charge is 0.455 e. The fourth-order valence-corrected chi connectivity index (χ4v) is 2.64. The molecule has 1 fully saturated rings. The molecule has 21 heavy (non-hydrogen) atoms. The Bertz CT molecular complexity index is 661. The van der Waals surface area contributed by atoms with E-state index in [4.69, 9.17) is 16.3 Å². The van der Waals surface area contributed by atoms with Crippen LogP contribution in [0.2, 0.25) is 5.02 Å². The summed E-state index contributed by atoms with van der Waals surface area (Å²) in [7, 11) is 0. The minimum absolute atomic E-state index is 0.318. The lowest BCUT2D eigenvalue weighted by Gasteiger charge is -2.11. The van der Waals surface area contributed by atoms with E-state index in [9.17, 15) is 4.39 Å². The van der Waals surface area contributed by atoms with Crippen LogP contribution in [0.5, 0.6) is 11.5 Å². The minimum Gasteiger partial charge on any atom is -0.455 e. The summed E-state index contributed by atoms with van der Waals surface area (Å²) in [6.07, 6.45) is 2.51. The molecule has 0 heterocycles. The number of benzene rings is 2. The fraction of sp³-hybridized carbons (Fsp3) is 0.250. The lowest BCUT2D eigenvalue weighted by Crippen LogP contribution is -2.15. The lowest BCUT2D eigenvalue weighted by atomic mass is 10.2. The summed E-state index contributed by atoms with van der Waals surface area (Å²) in [6, 6.07) is 10.6. The third-order valence-corrected chi connectivity index (χ3v) is 4.20. The summed E-state index contributed by atoms with van der Waals surface area (Å²) in [5, 5.41) is 3.98. The average molecular weight is 371 g/mol. The SMILES string of the molecule is Fc1ccc(Oc2ccc(CNC3CC3)cc2Cl)c(Br)c1. The van der Waals surface area contributed by atoms with Crippen LogP contribution in [0, 0.1) is 5.82 Å². The molecule has 0 spiro atoms. The van der Waals surface area contributed by atoms with Gasteiger partial charge in [-0.15, -0.1) is 0 Å². The lowest BCUT2D eigenvalue weighted by molar-refractivity contribution is 0.477. The normalized spacial score (nSPS) is 14.2. The molecule has 2 nitrogen and oxygen atoms in total. The standard InChI is InChI=1S/C16H14BrClFNO/c17-13-8-11(19)2-6-15(13)21-16-5-1-10(7-14(16)18)9-20-12-3-4-12/h1-2,5-8,12,20H,3-4,9H2. The van der Waals surface area contributed by atoms with Gasteiger partial charge < -0.3 is 10.1 Å². The molecule has 0 aliphatic heterocycles. The van der Waals surface area contributed by atoms with Gasteiger partial charge in [-0.1, -0.05) is 17.7 Å². The van der Waals surface area contributed by atoms with Gasteiger partial charge in [0.05, 0.1) is 9.50 Å². The van der Waals surface area contributed by atoms with Crippen LogP contribution in [0.25, 0.3) is 0 Å². The van der Waals surface area contributed by atoms with Crippen LogP contribution in [0.1, 0.15) is 18.4 Å². The Labute approximate surface area is 136 Å². The van der Waals surface area contributed by atoms with Gasteiger partial charge in [-0.2, -0.15) is 0 Å². The van der Waals surface area contributed by atoms with Gasteiger partial charge >= 0.3 is 0 Å². The van der Waals surface area contributed by atoms with E-state index in [1.807, 2.05) is 18.2 Å². The van der Waals surface area contributed by atoms with Crippen molar-refractivity contribution in [2.75, 3.05) is 0 Å². The van der Waals surface area contributed by atoms with Crippen molar-refractivity contribution < 1.29 is 9.13 Å². The van der Waals surface area contributed by atoms with E-state index in [2.05, 4.69) is 21.2 Å². The number of nitrogens with one attached hydrogen (secondary N) is 1. The Hall–Kier alpha value is -1.10. The van der Waals surface area contributed by atoms with Crippen molar-refractivity contribution in [3.05, 3.63) is 57.3 Å². The highest BCUT2D eigenvalue weighted by Crippen LogP contribution is 2.34. The number of hydrogen-bond donors (Lipinski definition) is 1. The predicted octanol–water partition coefficient (Wildman–Crippen LogP) is 5.29. The van der Waals surface area contributed by atoms with Gasteiger partial charge in [0, 0.05) is 12.6 Å². The molecular weight excluding hydrogens is 357 g/mol. The van der Waals surface area contributed by atoms with Crippen LogP contribution in [-0.2, 0) is 6.54 Å². The molecule has 0 radical (unpaired) electrons. The second-order valence-corrected chi connectivity index (χ2v) is 6.36. The highest BCUT2D eigenvalue weighted by atomic mass is 79.9. The molecule has 1 N–H and O–H groups in total. The molecule has 0 aromatic heterocycles. The highest BCUT2D eigenvalue weighted by Gasteiger charge is 2.20. The van der Waals surface area contributed by atoms with E-state index < -0.39 is 0 Å². The summed E-state index contributed by atoms with van der Waals surface area (Å²) in [6.45, 7) is 0.810. The Morgan fingerprint density at radius 3 is 2.62 bits per heavy atom. The third-order valence-electron chi connectivity index (χ3n) is 3.28. The van der Waals surface area contributed by atoms with Crippen LogP contribution < -0.4 is 10.1 Å². The van der Waals surface area contributed by atoms with E-state index >= 15 is 0 Å². The monoisotopic (exact) mass is 369 g/mol. The van der Waals surface area contributed by atoms with E-state index in [-0.39, 0.29) is 5.82 Å². The number of rotatable bonds is 5. The quantitative estimate of drug-likeness (QED) is 0.772. The highest BCUT2D eigenvalue weighted by molar-refractivity contribution is 9.10. The zero-order valence-corrected chi connectivity index (χ0v) is 13.5. The van der Waals surface area contributed by atoms with Crippen LogP contribution in [0.15, 0.2) is 40.9 Å². The van der Waals surface area contributed by atoms with E-state index in [1.165, 1.54) is 25.0 Å². The summed E-state index contributed by atoms with van der Waals surface area (Å²) >= 11 is 9.52. The first kappa shape index (κ1) is 14.8. The van der Waals surface area contributed by atoms with Crippen LogP contribution in [-0.4, -0.2) is 6.04 Å². The predicted molar refractivity (Wildman–Crippen MR) is 85.5 cm³/mol. The van der Waals surface area contributed by atoms with Gasteiger partial charge in [0.2, 0.25) is 0 Å². The van der Waals surface area contributed by atoms with Crippen molar-refractivity contribution in [2.45, 2.75) is 25.4 Å². The number of halogens is 3. The molecule has 5 heteroatoms. The summed E-state index contributed by atoms with van der Waals surface area (Å²) < 4.78 is 19.3. The summed E-state index contributed by atoms with van der Waals surface area (Å²) in [4.78, 5) is 0. The Balaban J connectivity index is 1.72. The molecule has 1 saturated carbocycles. The van der Waals surface area contributed by atoms with Crippen molar-refractivity contribution >= 4 is 27.5 Å². The molecule has 2 aromatic carbocycles. The zero-order chi connectivity index (χ0) is 14.8. The maximum atomic E-state index is 13.1. The van der Waals surface area contributed by atoms with Gasteiger partial charge in [-0.05, 0) is 64.7 Å². The third kappa shape index (κ3) is 3.96.